The number of ether oxygens (including phenoxy) is 3. The fraction of sp³-hybridized carbons (Fsp3) is 0.533. The second kappa shape index (κ2) is 9.33. The molecule has 118 valence electrons. The quantitative estimate of drug-likeness (QED) is 0.493. The van der Waals surface area contributed by atoms with Crippen LogP contribution in [-0.2, 0) is 4.74 Å². The minimum absolute atomic E-state index is 0.00447. The maximum Gasteiger partial charge on any atom is 0.183 e. The van der Waals surface area contributed by atoms with Gasteiger partial charge >= 0.3 is 0 Å². The normalized spacial score (nSPS) is 12.0. The number of hydrogen-bond donors (Lipinski definition) is 2. The molecule has 0 aliphatic carbocycles. The Labute approximate surface area is 125 Å². The summed E-state index contributed by atoms with van der Waals surface area (Å²) in [5.74, 6) is 1.05. The fourth-order valence-corrected chi connectivity index (χ4v) is 1.85. The Bertz CT molecular complexity index is 450. The predicted octanol–water partition coefficient (Wildman–Crippen LogP) is 0.873. The van der Waals surface area contributed by atoms with Crippen LogP contribution in [0.2, 0.25) is 0 Å². The number of aliphatic hydroxyl groups excluding tert-OH is 1. The molecule has 0 aliphatic heterocycles. The fourth-order valence-electron chi connectivity index (χ4n) is 1.85. The summed E-state index contributed by atoms with van der Waals surface area (Å²) >= 11 is 0. The van der Waals surface area contributed by atoms with E-state index in [1.54, 1.807) is 32.2 Å². The van der Waals surface area contributed by atoms with Crippen molar-refractivity contribution in [2.45, 2.75) is 13.0 Å². The lowest BCUT2D eigenvalue weighted by molar-refractivity contribution is 0.0868. The third-order valence-electron chi connectivity index (χ3n) is 3.00. The van der Waals surface area contributed by atoms with Crippen molar-refractivity contribution in [3.63, 3.8) is 0 Å². The maximum atomic E-state index is 12.4. The van der Waals surface area contributed by atoms with Gasteiger partial charge in [-0.3, -0.25) is 4.79 Å². The molecule has 0 heterocycles. The molecule has 1 aromatic rings. The van der Waals surface area contributed by atoms with Gasteiger partial charge in [-0.15, -0.1) is 0 Å². The van der Waals surface area contributed by atoms with Crippen LogP contribution in [0.3, 0.4) is 0 Å². The van der Waals surface area contributed by atoms with Crippen molar-refractivity contribution < 1.29 is 24.1 Å². The Morgan fingerprint density at radius 1 is 1.29 bits per heavy atom. The largest absolute Gasteiger partial charge is 0.497 e. The molecule has 0 aliphatic rings. The Kier molecular flexibility index (Phi) is 7.74. The van der Waals surface area contributed by atoms with Crippen molar-refractivity contribution in [3.8, 4) is 11.5 Å². The number of aliphatic hydroxyl groups is 1. The molecule has 1 rings (SSSR count). The van der Waals surface area contributed by atoms with Crippen molar-refractivity contribution in [1.29, 1.82) is 0 Å². The molecule has 6 nitrogen and oxygen atoms in total. The van der Waals surface area contributed by atoms with E-state index in [2.05, 4.69) is 5.32 Å². The second-order valence-electron chi connectivity index (χ2n) is 4.44. The molecule has 1 atom stereocenters. The Morgan fingerprint density at radius 3 is 2.67 bits per heavy atom. The number of methoxy groups -OCH3 is 2. The third kappa shape index (κ3) is 5.34. The molecular weight excluding hydrogens is 274 g/mol. The molecule has 21 heavy (non-hydrogen) atoms. The van der Waals surface area contributed by atoms with Crippen LogP contribution in [0.4, 0.5) is 0 Å². The van der Waals surface area contributed by atoms with Crippen LogP contribution in [-0.4, -0.2) is 57.5 Å². The standard InChI is InChI=1S/C15H23NO5/c1-11(16-6-8-21-9-7-17)15(18)13-10-12(19-2)4-5-14(13)20-3/h4-5,10-11,16-17H,6-9H2,1-3H3. The van der Waals surface area contributed by atoms with E-state index in [1.807, 2.05) is 0 Å². The first-order valence-electron chi connectivity index (χ1n) is 6.82. The van der Waals surface area contributed by atoms with Gasteiger partial charge in [0.2, 0.25) is 0 Å². The van der Waals surface area contributed by atoms with Crippen LogP contribution in [0.15, 0.2) is 18.2 Å². The molecule has 1 unspecified atom stereocenters. The first-order chi connectivity index (χ1) is 10.1. The van der Waals surface area contributed by atoms with E-state index in [9.17, 15) is 4.79 Å². The summed E-state index contributed by atoms with van der Waals surface area (Å²) in [6, 6.07) is 4.75. The molecule has 0 spiro atoms. The van der Waals surface area contributed by atoms with Gasteiger partial charge in [0.15, 0.2) is 5.78 Å². The van der Waals surface area contributed by atoms with E-state index in [-0.39, 0.29) is 18.4 Å². The Hall–Kier alpha value is -1.63. The average molecular weight is 297 g/mol. The van der Waals surface area contributed by atoms with E-state index in [0.717, 1.165) is 0 Å². The molecule has 0 aromatic heterocycles. The Balaban J connectivity index is 2.64. The lowest BCUT2D eigenvalue weighted by Crippen LogP contribution is -2.36. The van der Waals surface area contributed by atoms with Crippen LogP contribution >= 0.6 is 0 Å². The zero-order valence-corrected chi connectivity index (χ0v) is 12.7. The summed E-state index contributed by atoms with van der Waals surface area (Å²) in [5, 5.41) is 11.7. The number of ketones is 1. The van der Waals surface area contributed by atoms with Crippen LogP contribution in [0, 0.1) is 0 Å². The third-order valence-corrected chi connectivity index (χ3v) is 3.00. The van der Waals surface area contributed by atoms with E-state index in [4.69, 9.17) is 19.3 Å². The molecule has 0 saturated heterocycles. The van der Waals surface area contributed by atoms with Crippen LogP contribution in [0.1, 0.15) is 17.3 Å². The lowest BCUT2D eigenvalue weighted by Gasteiger charge is -2.15. The number of hydrogen-bond acceptors (Lipinski definition) is 6. The monoisotopic (exact) mass is 297 g/mol. The summed E-state index contributed by atoms with van der Waals surface area (Å²) in [4.78, 5) is 12.4. The number of Topliss-reactive ketones (excluding diaryl/α,β-unsaturated/α-hetero) is 1. The average Bonchev–Trinajstić information content (AvgIpc) is 2.53. The number of carbonyl (C=O) groups is 1. The first kappa shape index (κ1) is 17.4. The smallest absolute Gasteiger partial charge is 0.183 e. The van der Waals surface area contributed by atoms with Crippen LogP contribution in [0.25, 0.3) is 0 Å². The molecular formula is C15H23NO5. The summed E-state index contributed by atoms with van der Waals surface area (Å²) in [6.45, 7) is 3.04. The van der Waals surface area contributed by atoms with Gasteiger partial charge in [-0.05, 0) is 25.1 Å². The van der Waals surface area contributed by atoms with Gasteiger partial charge in [-0.2, -0.15) is 0 Å². The molecule has 0 bridgehead atoms. The number of nitrogens with one attached hydrogen (secondary N) is 1. The molecule has 0 saturated carbocycles. The first-order valence-corrected chi connectivity index (χ1v) is 6.82. The summed E-state index contributed by atoms with van der Waals surface area (Å²) < 4.78 is 15.5. The zero-order chi connectivity index (χ0) is 15.7. The summed E-state index contributed by atoms with van der Waals surface area (Å²) in [7, 11) is 3.08. The SMILES string of the molecule is COc1ccc(OC)c(C(=O)C(C)NCCOCCO)c1. The molecule has 0 fully saturated rings. The highest BCUT2D eigenvalue weighted by molar-refractivity contribution is 6.02. The summed E-state index contributed by atoms with van der Waals surface area (Å²) in [5.41, 5.74) is 0.480. The predicted molar refractivity (Wildman–Crippen MR) is 79.2 cm³/mol. The van der Waals surface area contributed by atoms with Crippen molar-refractivity contribution >= 4 is 5.78 Å². The van der Waals surface area contributed by atoms with Gasteiger partial charge in [0.05, 0.1) is 45.6 Å². The molecule has 1 aromatic carbocycles. The van der Waals surface area contributed by atoms with Crippen molar-refractivity contribution in [1.82, 2.24) is 5.32 Å². The molecule has 0 amide bonds. The van der Waals surface area contributed by atoms with Gasteiger partial charge in [0, 0.05) is 6.54 Å². The molecule has 6 heteroatoms. The van der Waals surface area contributed by atoms with Crippen molar-refractivity contribution in [3.05, 3.63) is 23.8 Å². The highest BCUT2D eigenvalue weighted by atomic mass is 16.5. The second-order valence-corrected chi connectivity index (χ2v) is 4.44. The maximum absolute atomic E-state index is 12.4. The lowest BCUT2D eigenvalue weighted by atomic mass is 10.0. The van der Waals surface area contributed by atoms with E-state index in [0.29, 0.717) is 36.8 Å². The van der Waals surface area contributed by atoms with Crippen molar-refractivity contribution in [2.75, 3.05) is 40.6 Å². The van der Waals surface area contributed by atoms with Gasteiger partial charge < -0.3 is 24.6 Å². The van der Waals surface area contributed by atoms with E-state index in [1.165, 1.54) is 7.11 Å². The van der Waals surface area contributed by atoms with E-state index < -0.39 is 0 Å². The van der Waals surface area contributed by atoms with E-state index >= 15 is 0 Å². The topological polar surface area (TPSA) is 77.0 Å². The molecule has 2 N–H and O–H groups in total. The summed E-state index contributed by atoms with van der Waals surface area (Å²) in [6.07, 6.45) is 0. The highest BCUT2D eigenvalue weighted by Gasteiger charge is 2.19. The van der Waals surface area contributed by atoms with Gasteiger partial charge in [-0.25, -0.2) is 0 Å². The van der Waals surface area contributed by atoms with Gasteiger partial charge in [0.1, 0.15) is 11.5 Å². The zero-order valence-electron chi connectivity index (χ0n) is 12.7. The number of rotatable bonds is 10. The van der Waals surface area contributed by atoms with Gasteiger partial charge in [-0.1, -0.05) is 0 Å². The molecule has 0 radical (unpaired) electrons. The highest BCUT2D eigenvalue weighted by Crippen LogP contribution is 2.25. The Morgan fingerprint density at radius 2 is 2.05 bits per heavy atom. The van der Waals surface area contributed by atoms with Crippen LogP contribution in [0.5, 0.6) is 11.5 Å². The number of carbonyl (C=O) groups excluding carboxylic acids is 1. The minimum atomic E-state index is -0.372. The minimum Gasteiger partial charge on any atom is -0.497 e. The number of benzene rings is 1. The van der Waals surface area contributed by atoms with Gasteiger partial charge in [0.25, 0.3) is 0 Å². The van der Waals surface area contributed by atoms with Crippen molar-refractivity contribution in [2.24, 2.45) is 0 Å². The van der Waals surface area contributed by atoms with Crippen LogP contribution < -0.4 is 14.8 Å².